The van der Waals surface area contributed by atoms with Gasteiger partial charge in [0.2, 0.25) is 5.91 Å². The summed E-state index contributed by atoms with van der Waals surface area (Å²) in [6.45, 7) is 6.98. The van der Waals surface area contributed by atoms with E-state index in [0.29, 0.717) is 23.6 Å². The van der Waals surface area contributed by atoms with Gasteiger partial charge in [0.1, 0.15) is 0 Å². The van der Waals surface area contributed by atoms with Crippen LogP contribution in [0.1, 0.15) is 29.8 Å². The number of aryl methyl sites for hydroxylation is 3. The first-order valence-corrected chi connectivity index (χ1v) is 10.5. The Hall–Kier alpha value is -3.82. The fourth-order valence-electron chi connectivity index (χ4n) is 4.00. The third-order valence-corrected chi connectivity index (χ3v) is 5.66. The SMILES string of the molecule is Cc1cc(C)n(-c2ccc(N3CCCC(C(=O)Nc4ccc([N+](=O)[O-])cc4C)C3)nn2)n1. The Balaban J connectivity index is 1.43. The van der Waals surface area contributed by atoms with E-state index >= 15 is 0 Å². The van der Waals surface area contributed by atoms with E-state index in [2.05, 4.69) is 25.5 Å². The topological polar surface area (TPSA) is 119 Å². The van der Waals surface area contributed by atoms with Crippen LogP contribution in [0.5, 0.6) is 0 Å². The Kier molecular flexibility index (Phi) is 5.85. The smallest absolute Gasteiger partial charge is 0.269 e. The Labute approximate surface area is 185 Å². The average Bonchev–Trinajstić information content (AvgIpc) is 3.13. The standard InChI is InChI=1S/C22H25N7O3/c1-14-11-18(29(31)32)6-7-19(14)23-22(30)17-5-4-10-27(13-17)20-8-9-21(25-24-20)28-16(3)12-15(2)26-28/h6-9,11-12,17H,4-5,10,13H2,1-3H3,(H,23,30). The van der Waals surface area contributed by atoms with Crippen molar-refractivity contribution in [3.63, 3.8) is 0 Å². The van der Waals surface area contributed by atoms with Crippen LogP contribution in [0, 0.1) is 36.8 Å². The number of nitrogens with one attached hydrogen (secondary N) is 1. The molecule has 1 N–H and O–H groups in total. The zero-order valence-electron chi connectivity index (χ0n) is 18.3. The summed E-state index contributed by atoms with van der Waals surface area (Å²) >= 11 is 0. The van der Waals surface area contributed by atoms with Crippen LogP contribution in [0.4, 0.5) is 17.2 Å². The number of rotatable bonds is 5. The molecule has 0 spiro atoms. The first-order chi connectivity index (χ1) is 15.3. The molecule has 32 heavy (non-hydrogen) atoms. The molecule has 0 saturated carbocycles. The van der Waals surface area contributed by atoms with Crippen molar-refractivity contribution in [2.45, 2.75) is 33.6 Å². The molecule has 10 nitrogen and oxygen atoms in total. The van der Waals surface area contributed by atoms with Gasteiger partial charge in [0, 0.05) is 36.6 Å². The molecule has 1 aliphatic heterocycles. The number of piperidine rings is 1. The van der Waals surface area contributed by atoms with E-state index in [1.807, 2.05) is 32.0 Å². The number of nitro groups is 1. The molecule has 166 valence electrons. The van der Waals surface area contributed by atoms with Gasteiger partial charge in [-0.05, 0) is 63.4 Å². The van der Waals surface area contributed by atoms with Crippen LogP contribution in [0.3, 0.4) is 0 Å². The molecule has 1 amide bonds. The summed E-state index contributed by atoms with van der Waals surface area (Å²) in [5.41, 5.74) is 3.16. The molecule has 1 unspecified atom stereocenters. The van der Waals surface area contributed by atoms with E-state index in [1.165, 1.54) is 12.1 Å². The van der Waals surface area contributed by atoms with Gasteiger partial charge in [0.05, 0.1) is 16.5 Å². The molecule has 1 atom stereocenters. The number of aromatic nitrogens is 4. The maximum Gasteiger partial charge on any atom is 0.269 e. The molecule has 1 aliphatic rings. The first-order valence-electron chi connectivity index (χ1n) is 10.5. The number of hydrogen-bond acceptors (Lipinski definition) is 7. The van der Waals surface area contributed by atoms with E-state index in [9.17, 15) is 14.9 Å². The van der Waals surface area contributed by atoms with E-state index < -0.39 is 4.92 Å². The maximum atomic E-state index is 12.9. The quantitative estimate of drug-likeness (QED) is 0.482. The van der Waals surface area contributed by atoms with E-state index in [4.69, 9.17) is 0 Å². The molecule has 0 bridgehead atoms. The van der Waals surface area contributed by atoms with Gasteiger partial charge in [0.15, 0.2) is 11.6 Å². The van der Waals surface area contributed by atoms with Crippen molar-refractivity contribution in [3.8, 4) is 5.82 Å². The summed E-state index contributed by atoms with van der Waals surface area (Å²) in [5.74, 6) is 1.06. The minimum absolute atomic E-state index is 0.00632. The van der Waals surface area contributed by atoms with Crippen molar-refractivity contribution >= 4 is 23.1 Å². The molecule has 1 aromatic carbocycles. The van der Waals surface area contributed by atoms with Gasteiger partial charge in [0.25, 0.3) is 5.69 Å². The van der Waals surface area contributed by atoms with Crippen LogP contribution in [-0.2, 0) is 4.79 Å². The van der Waals surface area contributed by atoms with Gasteiger partial charge in [-0.1, -0.05) is 0 Å². The monoisotopic (exact) mass is 435 g/mol. The highest BCUT2D eigenvalue weighted by Gasteiger charge is 2.27. The fraction of sp³-hybridized carbons (Fsp3) is 0.364. The van der Waals surface area contributed by atoms with Crippen molar-refractivity contribution < 1.29 is 9.72 Å². The van der Waals surface area contributed by atoms with Crippen molar-refractivity contribution in [1.29, 1.82) is 0 Å². The number of nitro benzene ring substituents is 1. The Morgan fingerprint density at radius 3 is 2.50 bits per heavy atom. The molecular formula is C22H25N7O3. The second-order valence-electron chi connectivity index (χ2n) is 8.12. The van der Waals surface area contributed by atoms with Gasteiger partial charge in [-0.25, -0.2) is 4.68 Å². The van der Waals surface area contributed by atoms with Crippen molar-refractivity contribution in [2.75, 3.05) is 23.3 Å². The number of anilines is 2. The van der Waals surface area contributed by atoms with Crippen molar-refractivity contribution in [3.05, 3.63) is 63.5 Å². The lowest BCUT2D eigenvalue weighted by molar-refractivity contribution is -0.384. The molecule has 10 heteroatoms. The van der Waals surface area contributed by atoms with Gasteiger partial charge >= 0.3 is 0 Å². The van der Waals surface area contributed by atoms with Crippen molar-refractivity contribution in [1.82, 2.24) is 20.0 Å². The number of benzene rings is 1. The number of nitrogens with zero attached hydrogens (tertiary/aromatic N) is 6. The first kappa shape index (κ1) is 21.4. The largest absolute Gasteiger partial charge is 0.354 e. The highest BCUT2D eigenvalue weighted by molar-refractivity contribution is 5.93. The molecule has 0 radical (unpaired) electrons. The molecule has 0 aliphatic carbocycles. The normalized spacial score (nSPS) is 16.1. The van der Waals surface area contributed by atoms with Gasteiger partial charge in [-0.15, -0.1) is 10.2 Å². The summed E-state index contributed by atoms with van der Waals surface area (Å²) in [7, 11) is 0. The summed E-state index contributed by atoms with van der Waals surface area (Å²) in [5, 5.41) is 27.0. The highest BCUT2D eigenvalue weighted by Crippen LogP contribution is 2.25. The van der Waals surface area contributed by atoms with Crippen LogP contribution in [-0.4, -0.2) is 43.9 Å². The third kappa shape index (κ3) is 4.43. The molecule has 2 aromatic heterocycles. The van der Waals surface area contributed by atoms with Gasteiger partial charge < -0.3 is 10.2 Å². The number of amides is 1. The van der Waals surface area contributed by atoms with Crippen LogP contribution in [0.2, 0.25) is 0 Å². The van der Waals surface area contributed by atoms with Crippen molar-refractivity contribution in [2.24, 2.45) is 5.92 Å². The second kappa shape index (κ2) is 8.74. The number of non-ortho nitro benzene ring substituents is 1. The summed E-state index contributed by atoms with van der Waals surface area (Å²) in [6.07, 6.45) is 1.63. The van der Waals surface area contributed by atoms with E-state index in [0.717, 1.165) is 36.6 Å². The number of hydrogen-bond donors (Lipinski definition) is 1. The highest BCUT2D eigenvalue weighted by atomic mass is 16.6. The number of carbonyl (C=O) groups excluding carboxylic acids is 1. The van der Waals surface area contributed by atoms with Crippen LogP contribution in [0.25, 0.3) is 5.82 Å². The second-order valence-corrected chi connectivity index (χ2v) is 8.12. The lowest BCUT2D eigenvalue weighted by Crippen LogP contribution is -2.41. The molecule has 3 aromatic rings. The minimum Gasteiger partial charge on any atom is -0.354 e. The van der Waals surface area contributed by atoms with Crippen LogP contribution in [0.15, 0.2) is 36.4 Å². The molecule has 1 saturated heterocycles. The summed E-state index contributed by atoms with van der Waals surface area (Å²) in [4.78, 5) is 25.4. The maximum absolute atomic E-state index is 12.9. The predicted molar refractivity (Wildman–Crippen MR) is 120 cm³/mol. The average molecular weight is 435 g/mol. The molecule has 3 heterocycles. The van der Waals surface area contributed by atoms with Crippen LogP contribution < -0.4 is 10.2 Å². The lowest BCUT2D eigenvalue weighted by atomic mass is 9.97. The Morgan fingerprint density at radius 2 is 1.88 bits per heavy atom. The third-order valence-electron chi connectivity index (χ3n) is 5.66. The Bertz CT molecular complexity index is 1160. The minimum atomic E-state index is -0.446. The number of carbonyl (C=O) groups is 1. The van der Waals surface area contributed by atoms with E-state index in [1.54, 1.807) is 17.7 Å². The fourth-order valence-corrected chi connectivity index (χ4v) is 4.00. The Morgan fingerprint density at radius 1 is 1.12 bits per heavy atom. The van der Waals surface area contributed by atoms with Gasteiger partial charge in [-0.3, -0.25) is 14.9 Å². The zero-order valence-corrected chi connectivity index (χ0v) is 18.3. The zero-order chi connectivity index (χ0) is 22.8. The lowest BCUT2D eigenvalue weighted by Gasteiger charge is -2.32. The molecular weight excluding hydrogens is 410 g/mol. The summed E-state index contributed by atoms with van der Waals surface area (Å²) < 4.78 is 1.76. The van der Waals surface area contributed by atoms with Crippen LogP contribution >= 0.6 is 0 Å². The van der Waals surface area contributed by atoms with E-state index in [-0.39, 0.29) is 17.5 Å². The molecule has 1 fully saturated rings. The predicted octanol–water partition coefficient (Wildman–Crippen LogP) is 3.35. The summed E-state index contributed by atoms with van der Waals surface area (Å²) in [6, 6.07) is 10.2. The van der Waals surface area contributed by atoms with Gasteiger partial charge in [-0.2, -0.15) is 5.10 Å². The molecule has 4 rings (SSSR count).